The van der Waals surface area contributed by atoms with E-state index in [-0.39, 0.29) is 12.1 Å². The molecule has 2 atom stereocenters. The monoisotopic (exact) mass is 259 g/mol. The van der Waals surface area contributed by atoms with Crippen molar-refractivity contribution < 1.29 is 9.53 Å². The molecule has 2 aliphatic rings. The summed E-state index contributed by atoms with van der Waals surface area (Å²) in [5, 5.41) is 3.30. The fourth-order valence-electron chi connectivity index (χ4n) is 3.09. The van der Waals surface area contributed by atoms with E-state index in [1.807, 2.05) is 18.2 Å². The van der Waals surface area contributed by atoms with Crippen LogP contribution in [0, 0.1) is 5.92 Å². The van der Waals surface area contributed by atoms with Crippen LogP contribution < -0.4 is 5.32 Å². The molecule has 0 saturated heterocycles. The van der Waals surface area contributed by atoms with Crippen molar-refractivity contribution in [1.82, 2.24) is 0 Å². The highest BCUT2D eigenvalue weighted by Crippen LogP contribution is 2.28. The number of ether oxygens (including phenoxy) is 1. The van der Waals surface area contributed by atoms with E-state index in [0.29, 0.717) is 11.5 Å². The average molecular weight is 259 g/mol. The van der Waals surface area contributed by atoms with E-state index >= 15 is 0 Å². The fraction of sp³-hybridized carbons (Fsp3) is 0.562. The number of carbonyl (C=O) groups excluding carboxylic acids is 1. The average Bonchev–Trinajstić information content (AvgIpc) is 2.88. The lowest BCUT2D eigenvalue weighted by Crippen LogP contribution is -2.28. The number of nitrogens with one attached hydrogen (secondary N) is 1. The predicted octanol–water partition coefficient (Wildman–Crippen LogP) is 3.39. The molecule has 3 heteroatoms. The fourth-order valence-corrected chi connectivity index (χ4v) is 3.09. The number of fused-ring (bicyclic) bond motifs is 1. The third-order valence-corrected chi connectivity index (χ3v) is 4.34. The van der Waals surface area contributed by atoms with Gasteiger partial charge in [-0.2, -0.15) is 0 Å². The van der Waals surface area contributed by atoms with Gasteiger partial charge in [-0.3, -0.25) is 0 Å². The maximum Gasteiger partial charge on any atom is 0.338 e. The van der Waals surface area contributed by atoms with Crippen LogP contribution in [-0.2, 0) is 11.2 Å². The number of hydrogen-bond acceptors (Lipinski definition) is 3. The van der Waals surface area contributed by atoms with Gasteiger partial charge in [0.05, 0.1) is 5.56 Å². The highest BCUT2D eigenvalue weighted by Gasteiger charge is 2.25. The molecular formula is C16H21NO2. The Labute approximate surface area is 114 Å². The lowest BCUT2D eigenvalue weighted by Gasteiger charge is -2.28. The topological polar surface area (TPSA) is 38.3 Å². The van der Waals surface area contributed by atoms with Crippen LogP contribution in [0.1, 0.15) is 48.5 Å². The summed E-state index contributed by atoms with van der Waals surface area (Å²) in [5.41, 5.74) is 3.08. The smallest absolute Gasteiger partial charge is 0.338 e. The molecule has 1 fully saturated rings. The van der Waals surface area contributed by atoms with Gasteiger partial charge in [-0.15, -0.1) is 0 Å². The zero-order chi connectivity index (χ0) is 13.2. The SMILES string of the molecule is CC1CCCCC1OC(=O)c1ccc2c(c1)CCN2. The Balaban J connectivity index is 1.70. The Bertz CT molecular complexity index is 484. The Morgan fingerprint density at radius 2 is 2.16 bits per heavy atom. The molecule has 2 unspecified atom stereocenters. The van der Waals surface area contributed by atoms with Gasteiger partial charge in [0, 0.05) is 12.2 Å². The first-order valence-corrected chi connectivity index (χ1v) is 7.32. The van der Waals surface area contributed by atoms with Crippen molar-refractivity contribution in [3.8, 4) is 0 Å². The predicted molar refractivity (Wildman–Crippen MR) is 75.5 cm³/mol. The van der Waals surface area contributed by atoms with Gasteiger partial charge in [0.25, 0.3) is 0 Å². The molecule has 0 spiro atoms. The number of anilines is 1. The normalized spacial score (nSPS) is 25.5. The second-order valence-electron chi connectivity index (χ2n) is 5.75. The third-order valence-electron chi connectivity index (χ3n) is 4.34. The summed E-state index contributed by atoms with van der Waals surface area (Å²) in [6, 6.07) is 5.83. The van der Waals surface area contributed by atoms with Crippen LogP contribution in [0.3, 0.4) is 0 Å². The first-order chi connectivity index (χ1) is 9.24. The Morgan fingerprint density at radius 1 is 1.32 bits per heavy atom. The van der Waals surface area contributed by atoms with Crippen molar-refractivity contribution in [2.45, 2.75) is 45.1 Å². The van der Waals surface area contributed by atoms with Gasteiger partial charge in [-0.1, -0.05) is 13.3 Å². The van der Waals surface area contributed by atoms with E-state index in [1.54, 1.807) is 0 Å². The molecule has 0 aromatic heterocycles. The maximum absolute atomic E-state index is 12.2. The molecule has 1 aromatic carbocycles. The summed E-state index contributed by atoms with van der Waals surface area (Å²) in [4.78, 5) is 12.2. The number of carbonyl (C=O) groups is 1. The Morgan fingerprint density at radius 3 is 3.00 bits per heavy atom. The van der Waals surface area contributed by atoms with E-state index in [2.05, 4.69) is 12.2 Å². The number of benzene rings is 1. The van der Waals surface area contributed by atoms with E-state index < -0.39 is 0 Å². The molecule has 1 N–H and O–H groups in total. The maximum atomic E-state index is 12.2. The van der Waals surface area contributed by atoms with Gasteiger partial charge in [0.15, 0.2) is 0 Å². The quantitative estimate of drug-likeness (QED) is 0.827. The van der Waals surface area contributed by atoms with Crippen molar-refractivity contribution in [2.75, 3.05) is 11.9 Å². The Kier molecular flexibility index (Phi) is 3.45. The van der Waals surface area contributed by atoms with E-state index in [0.717, 1.165) is 25.1 Å². The molecule has 0 radical (unpaired) electrons. The molecule has 1 saturated carbocycles. The number of hydrogen-bond donors (Lipinski definition) is 1. The minimum absolute atomic E-state index is 0.104. The van der Waals surface area contributed by atoms with Crippen molar-refractivity contribution in [3.05, 3.63) is 29.3 Å². The summed E-state index contributed by atoms with van der Waals surface area (Å²) < 4.78 is 5.69. The van der Waals surface area contributed by atoms with Crippen LogP contribution in [0.25, 0.3) is 0 Å². The van der Waals surface area contributed by atoms with Gasteiger partial charge >= 0.3 is 5.97 Å². The van der Waals surface area contributed by atoms with E-state index in [9.17, 15) is 4.79 Å². The zero-order valence-corrected chi connectivity index (χ0v) is 11.4. The largest absolute Gasteiger partial charge is 0.459 e. The minimum atomic E-state index is -0.159. The summed E-state index contributed by atoms with van der Waals surface area (Å²) in [6.07, 6.45) is 5.73. The summed E-state index contributed by atoms with van der Waals surface area (Å²) in [6.45, 7) is 3.15. The van der Waals surface area contributed by atoms with E-state index in [4.69, 9.17) is 4.74 Å². The van der Waals surface area contributed by atoms with Crippen molar-refractivity contribution in [2.24, 2.45) is 5.92 Å². The third kappa shape index (κ3) is 2.60. The lowest BCUT2D eigenvalue weighted by molar-refractivity contribution is 0.00481. The molecule has 0 bridgehead atoms. The number of esters is 1. The standard InChI is InChI=1S/C16H21NO2/c1-11-4-2-3-5-15(11)19-16(18)13-6-7-14-12(10-13)8-9-17-14/h6-7,10-11,15,17H,2-5,8-9H2,1H3. The molecule has 19 heavy (non-hydrogen) atoms. The van der Waals surface area contributed by atoms with Gasteiger partial charge < -0.3 is 10.1 Å². The minimum Gasteiger partial charge on any atom is -0.459 e. The second-order valence-corrected chi connectivity index (χ2v) is 5.75. The van der Waals surface area contributed by atoms with Crippen molar-refractivity contribution >= 4 is 11.7 Å². The van der Waals surface area contributed by atoms with Gasteiger partial charge in [-0.25, -0.2) is 4.79 Å². The van der Waals surface area contributed by atoms with Crippen LogP contribution >= 0.6 is 0 Å². The molecule has 3 rings (SSSR count). The van der Waals surface area contributed by atoms with Crippen molar-refractivity contribution in [1.29, 1.82) is 0 Å². The van der Waals surface area contributed by atoms with E-state index in [1.165, 1.54) is 24.8 Å². The summed E-state index contributed by atoms with van der Waals surface area (Å²) >= 11 is 0. The lowest BCUT2D eigenvalue weighted by atomic mass is 9.88. The summed E-state index contributed by atoms with van der Waals surface area (Å²) in [5.74, 6) is 0.335. The second kappa shape index (κ2) is 5.24. The van der Waals surface area contributed by atoms with Crippen LogP contribution in [0.5, 0.6) is 0 Å². The molecule has 3 nitrogen and oxygen atoms in total. The Hall–Kier alpha value is -1.51. The highest BCUT2D eigenvalue weighted by molar-refractivity contribution is 5.90. The molecule has 102 valence electrons. The van der Waals surface area contributed by atoms with Crippen LogP contribution in [0.15, 0.2) is 18.2 Å². The molecule has 1 aromatic rings. The van der Waals surface area contributed by atoms with Gasteiger partial charge in [0.2, 0.25) is 0 Å². The highest BCUT2D eigenvalue weighted by atomic mass is 16.5. The zero-order valence-electron chi connectivity index (χ0n) is 11.4. The van der Waals surface area contributed by atoms with Crippen LogP contribution in [-0.4, -0.2) is 18.6 Å². The molecule has 1 aliphatic heterocycles. The summed E-state index contributed by atoms with van der Waals surface area (Å²) in [7, 11) is 0. The molecular weight excluding hydrogens is 238 g/mol. The number of rotatable bonds is 2. The van der Waals surface area contributed by atoms with Crippen LogP contribution in [0.4, 0.5) is 5.69 Å². The molecule has 0 amide bonds. The molecule has 1 heterocycles. The first kappa shape index (κ1) is 12.5. The first-order valence-electron chi connectivity index (χ1n) is 7.32. The van der Waals surface area contributed by atoms with Crippen molar-refractivity contribution in [3.63, 3.8) is 0 Å². The van der Waals surface area contributed by atoms with Crippen LogP contribution in [0.2, 0.25) is 0 Å². The van der Waals surface area contributed by atoms with Gasteiger partial charge in [0.1, 0.15) is 6.10 Å². The molecule has 1 aliphatic carbocycles. The van der Waals surface area contributed by atoms with Gasteiger partial charge in [-0.05, 0) is 55.4 Å².